The molecule has 98 valence electrons. The fourth-order valence-corrected chi connectivity index (χ4v) is 2.96. The highest BCUT2D eigenvalue weighted by molar-refractivity contribution is 7.99. The molecule has 0 radical (unpaired) electrons. The van der Waals surface area contributed by atoms with Crippen LogP contribution in [0.2, 0.25) is 0 Å². The number of imidazole rings is 1. The zero-order valence-electron chi connectivity index (χ0n) is 11.0. The third-order valence-electron chi connectivity index (χ3n) is 2.86. The third kappa shape index (κ3) is 2.64. The molecule has 0 saturated carbocycles. The molecule has 0 aliphatic carbocycles. The second-order valence-electron chi connectivity index (χ2n) is 4.40. The standard InChI is InChI=1S/C13H18ClN3S/c1-4-18-8-10(3)17-12(6-14)16-11-5-9(2)7-15-13(11)17/h5,7,10H,4,6,8H2,1-3H3. The van der Waals surface area contributed by atoms with Crippen molar-refractivity contribution in [3.63, 3.8) is 0 Å². The van der Waals surface area contributed by atoms with Gasteiger partial charge in [-0.2, -0.15) is 11.8 Å². The highest BCUT2D eigenvalue weighted by Gasteiger charge is 2.16. The van der Waals surface area contributed by atoms with E-state index in [-0.39, 0.29) is 0 Å². The van der Waals surface area contributed by atoms with Gasteiger partial charge in [0.05, 0.1) is 5.88 Å². The van der Waals surface area contributed by atoms with Crippen LogP contribution in [0.25, 0.3) is 11.2 Å². The molecule has 0 aliphatic rings. The minimum absolute atomic E-state index is 0.365. The molecule has 3 nitrogen and oxygen atoms in total. The van der Waals surface area contributed by atoms with Crippen LogP contribution in [0.15, 0.2) is 12.3 Å². The molecule has 1 atom stereocenters. The summed E-state index contributed by atoms with van der Waals surface area (Å²) in [6, 6.07) is 2.43. The number of rotatable bonds is 5. The maximum Gasteiger partial charge on any atom is 0.160 e. The molecule has 0 aliphatic heterocycles. The fourth-order valence-electron chi connectivity index (χ4n) is 2.05. The summed E-state index contributed by atoms with van der Waals surface area (Å²) in [6.45, 7) is 6.40. The zero-order valence-corrected chi connectivity index (χ0v) is 12.6. The zero-order chi connectivity index (χ0) is 13.1. The Morgan fingerprint density at radius 3 is 2.94 bits per heavy atom. The largest absolute Gasteiger partial charge is 0.308 e. The van der Waals surface area contributed by atoms with Gasteiger partial charge in [-0.1, -0.05) is 6.92 Å². The third-order valence-corrected chi connectivity index (χ3v) is 4.23. The van der Waals surface area contributed by atoms with Gasteiger partial charge in [-0.25, -0.2) is 9.97 Å². The van der Waals surface area contributed by atoms with Gasteiger partial charge in [0.15, 0.2) is 5.65 Å². The van der Waals surface area contributed by atoms with Crippen LogP contribution in [-0.2, 0) is 5.88 Å². The van der Waals surface area contributed by atoms with Crippen LogP contribution in [0.3, 0.4) is 0 Å². The topological polar surface area (TPSA) is 30.7 Å². The Hall–Kier alpha value is -0.740. The number of halogens is 1. The molecule has 0 fully saturated rings. The van der Waals surface area contributed by atoms with Crippen molar-refractivity contribution in [1.82, 2.24) is 14.5 Å². The summed E-state index contributed by atoms with van der Waals surface area (Å²) in [5.74, 6) is 3.52. The molecule has 5 heteroatoms. The van der Waals surface area contributed by atoms with Gasteiger partial charge >= 0.3 is 0 Å². The molecule has 0 aromatic carbocycles. The van der Waals surface area contributed by atoms with Crippen LogP contribution in [0.1, 0.15) is 31.3 Å². The summed E-state index contributed by atoms with van der Waals surface area (Å²) in [5, 5.41) is 0. The molecule has 0 amide bonds. The maximum absolute atomic E-state index is 6.00. The summed E-state index contributed by atoms with van der Waals surface area (Å²) in [7, 11) is 0. The molecule has 2 heterocycles. The second kappa shape index (κ2) is 5.93. The number of aryl methyl sites for hydroxylation is 1. The molecule has 2 rings (SSSR count). The van der Waals surface area contributed by atoms with Gasteiger partial charge in [0.1, 0.15) is 11.3 Å². The van der Waals surface area contributed by atoms with Gasteiger partial charge in [-0.15, -0.1) is 11.6 Å². The van der Waals surface area contributed by atoms with E-state index >= 15 is 0 Å². The van der Waals surface area contributed by atoms with E-state index in [1.807, 2.05) is 24.9 Å². The molecule has 0 spiro atoms. The lowest BCUT2D eigenvalue weighted by Crippen LogP contribution is -2.11. The molecular weight excluding hydrogens is 266 g/mol. The minimum atomic E-state index is 0.365. The van der Waals surface area contributed by atoms with E-state index in [9.17, 15) is 0 Å². The molecule has 2 aromatic heterocycles. The number of hydrogen-bond donors (Lipinski definition) is 0. The maximum atomic E-state index is 6.00. The van der Waals surface area contributed by atoms with E-state index < -0.39 is 0 Å². The number of nitrogens with zero attached hydrogens (tertiary/aromatic N) is 3. The average molecular weight is 284 g/mol. The summed E-state index contributed by atoms with van der Waals surface area (Å²) in [5.41, 5.74) is 3.02. The van der Waals surface area contributed by atoms with Crippen LogP contribution in [-0.4, -0.2) is 26.0 Å². The van der Waals surface area contributed by atoms with Crippen molar-refractivity contribution in [2.45, 2.75) is 32.7 Å². The van der Waals surface area contributed by atoms with E-state index in [1.54, 1.807) is 0 Å². The van der Waals surface area contributed by atoms with Crippen molar-refractivity contribution in [2.75, 3.05) is 11.5 Å². The Balaban J connectivity index is 2.46. The number of fused-ring (bicyclic) bond motifs is 1. The van der Waals surface area contributed by atoms with E-state index in [4.69, 9.17) is 11.6 Å². The highest BCUT2D eigenvalue weighted by atomic mass is 35.5. The minimum Gasteiger partial charge on any atom is -0.308 e. The predicted octanol–water partition coefficient (Wildman–Crippen LogP) is 3.79. The van der Waals surface area contributed by atoms with Crippen LogP contribution in [0.4, 0.5) is 0 Å². The molecule has 0 saturated heterocycles. The Morgan fingerprint density at radius 1 is 1.50 bits per heavy atom. The first-order valence-electron chi connectivity index (χ1n) is 6.14. The van der Waals surface area contributed by atoms with Crippen LogP contribution >= 0.6 is 23.4 Å². The van der Waals surface area contributed by atoms with Crippen LogP contribution in [0, 0.1) is 6.92 Å². The normalized spacial score (nSPS) is 13.1. The number of thioether (sulfide) groups is 1. The molecule has 0 N–H and O–H groups in total. The van der Waals surface area contributed by atoms with Crippen molar-refractivity contribution in [1.29, 1.82) is 0 Å². The summed E-state index contributed by atoms with van der Waals surface area (Å²) < 4.78 is 2.17. The smallest absolute Gasteiger partial charge is 0.160 e. The second-order valence-corrected chi connectivity index (χ2v) is 5.98. The highest BCUT2D eigenvalue weighted by Crippen LogP contribution is 2.23. The van der Waals surface area contributed by atoms with Gasteiger partial charge in [-0.3, -0.25) is 0 Å². The van der Waals surface area contributed by atoms with Crippen LogP contribution < -0.4 is 0 Å². The van der Waals surface area contributed by atoms with Crippen LogP contribution in [0.5, 0.6) is 0 Å². The van der Waals surface area contributed by atoms with Gasteiger partial charge in [-0.05, 0) is 31.2 Å². The molecule has 18 heavy (non-hydrogen) atoms. The lowest BCUT2D eigenvalue weighted by atomic mass is 10.3. The van der Waals surface area contributed by atoms with Gasteiger partial charge in [0, 0.05) is 18.0 Å². The monoisotopic (exact) mass is 283 g/mol. The van der Waals surface area contributed by atoms with E-state index in [1.165, 1.54) is 0 Å². The Labute approximate surface area is 117 Å². The number of aromatic nitrogens is 3. The number of hydrogen-bond acceptors (Lipinski definition) is 3. The van der Waals surface area contributed by atoms with Gasteiger partial charge in [0.2, 0.25) is 0 Å². The Kier molecular flexibility index (Phi) is 4.51. The SMILES string of the molecule is CCSCC(C)n1c(CCl)nc2cc(C)cnc21. The van der Waals surface area contributed by atoms with Crippen molar-refractivity contribution < 1.29 is 0 Å². The first kappa shape index (κ1) is 13.7. The number of alkyl halides is 1. The molecular formula is C13H18ClN3S. The lowest BCUT2D eigenvalue weighted by Gasteiger charge is -2.15. The molecule has 0 bridgehead atoms. The quantitative estimate of drug-likeness (QED) is 0.782. The van der Waals surface area contributed by atoms with Crippen molar-refractivity contribution >= 4 is 34.5 Å². The Morgan fingerprint density at radius 2 is 2.28 bits per heavy atom. The predicted molar refractivity (Wildman–Crippen MR) is 79.5 cm³/mol. The summed E-state index contributed by atoms with van der Waals surface area (Å²) in [4.78, 5) is 9.09. The van der Waals surface area contributed by atoms with E-state index in [0.717, 1.165) is 34.1 Å². The summed E-state index contributed by atoms with van der Waals surface area (Å²) in [6.07, 6.45) is 1.89. The molecule has 2 aromatic rings. The number of pyridine rings is 1. The molecule has 1 unspecified atom stereocenters. The fraction of sp³-hybridized carbons (Fsp3) is 0.538. The Bertz CT molecular complexity index is 538. The van der Waals surface area contributed by atoms with Crippen molar-refractivity contribution in [2.24, 2.45) is 0 Å². The first-order chi connectivity index (χ1) is 8.67. The van der Waals surface area contributed by atoms with Gasteiger partial charge in [0.25, 0.3) is 0 Å². The van der Waals surface area contributed by atoms with Crippen molar-refractivity contribution in [3.05, 3.63) is 23.7 Å². The van der Waals surface area contributed by atoms with Crippen molar-refractivity contribution in [3.8, 4) is 0 Å². The lowest BCUT2D eigenvalue weighted by molar-refractivity contribution is 0.601. The van der Waals surface area contributed by atoms with E-state index in [2.05, 4.69) is 34.4 Å². The summed E-state index contributed by atoms with van der Waals surface area (Å²) >= 11 is 7.93. The average Bonchev–Trinajstić information content (AvgIpc) is 2.73. The van der Waals surface area contributed by atoms with E-state index in [0.29, 0.717) is 11.9 Å². The van der Waals surface area contributed by atoms with Gasteiger partial charge < -0.3 is 4.57 Å². The first-order valence-corrected chi connectivity index (χ1v) is 7.83.